The highest BCUT2D eigenvalue weighted by Crippen LogP contribution is 2.21. The quantitative estimate of drug-likeness (QED) is 0.521. The SMILES string of the molecule is COc1ccccc1C(=O)NC(=S)NNC(=O)COc1ccc(Cl)cc1C. The lowest BCUT2D eigenvalue weighted by atomic mass is 10.2. The van der Waals surface area contributed by atoms with Gasteiger partial charge in [0.15, 0.2) is 11.7 Å². The predicted octanol–water partition coefficient (Wildman–Crippen LogP) is 2.37. The molecular formula is C18H18ClN3O4S. The molecule has 0 aromatic heterocycles. The molecule has 0 heterocycles. The maximum Gasteiger partial charge on any atom is 0.276 e. The molecule has 7 nitrogen and oxygen atoms in total. The number of rotatable bonds is 5. The molecule has 0 bridgehead atoms. The van der Waals surface area contributed by atoms with E-state index in [9.17, 15) is 9.59 Å². The number of halogens is 1. The van der Waals surface area contributed by atoms with Crippen LogP contribution in [0.2, 0.25) is 5.02 Å². The van der Waals surface area contributed by atoms with Crippen molar-refractivity contribution in [1.82, 2.24) is 16.2 Å². The third-order valence-electron chi connectivity index (χ3n) is 3.39. The number of hydrogen-bond acceptors (Lipinski definition) is 5. The Kier molecular flexibility index (Phi) is 7.39. The van der Waals surface area contributed by atoms with E-state index in [-0.39, 0.29) is 11.7 Å². The smallest absolute Gasteiger partial charge is 0.276 e. The van der Waals surface area contributed by atoms with E-state index in [1.54, 1.807) is 42.5 Å². The molecule has 0 aliphatic carbocycles. The van der Waals surface area contributed by atoms with Crippen LogP contribution in [0.4, 0.5) is 0 Å². The van der Waals surface area contributed by atoms with Crippen molar-refractivity contribution in [1.29, 1.82) is 0 Å². The average molecular weight is 408 g/mol. The van der Waals surface area contributed by atoms with E-state index in [2.05, 4.69) is 16.2 Å². The molecule has 0 aliphatic heterocycles. The van der Waals surface area contributed by atoms with Gasteiger partial charge >= 0.3 is 0 Å². The van der Waals surface area contributed by atoms with Gasteiger partial charge in [0.05, 0.1) is 12.7 Å². The number of ether oxygens (including phenoxy) is 2. The number of para-hydroxylation sites is 1. The minimum atomic E-state index is -0.474. The average Bonchev–Trinajstić information content (AvgIpc) is 2.65. The summed E-state index contributed by atoms with van der Waals surface area (Å²) in [7, 11) is 1.46. The van der Waals surface area contributed by atoms with Crippen LogP contribution in [0.25, 0.3) is 0 Å². The van der Waals surface area contributed by atoms with Crippen molar-refractivity contribution in [2.75, 3.05) is 13.7 Å². The number of nitrogens with one attached hydrogen (secondary N) is 3. The van der Waals surface area contributed by atoms with Crippen molar-refractivity contribution in [3.8, 4) is 11.5 Å². The highest BCUT2D eigenvalue weighted by atomic mass is 35.5. The summed E-state index contributed by atoms with van der Waals surface area (Å²) >= 11 is 10.9. The zero-order valence-corrected chi connectivity index (χ0v) is 16.2. The van der Waals surface area contributed by atoms with Crippen LogP contribution in [-0.2, 0) is 4.79 Å². The summed E-state index contributed by atoms with van der Waals surface area (Å²) in [5.41, 5.74) is 5.91. The topological polar surface area (TPSA) is 88.7 Å². The lowest BCUT2D eigenvalue weighted by Crippen LogP contribution is -2.49. The molecule has 3 N–H and O–H groups in total. The third-order valence-corrected chi connectivity index (χ3v) is 3.83. The number of methoxy groups -OCH3 is 1. The fourth-order valence-corrected chi connectivity index (χ4v) is 2.48. The Bertz CT molecular complexity index is 860. The number of carbonyl (C=O) groups excluding carboxylic acids is 2. The van der Waals surface area contributed by atoms with Gasteiger partial charge < -0.3 is 9.47 Å². The number of aryl methyl sites for hydroxylation is 1. The van der Waals surface area contributed by atoms with Crippen molar-refractivity contribution in [3.63, 3.8) is 0 Å². The van der Waals surface area contributed by atoms with Crippen LogP contribution in [0.1, 0.15) is 15.9 Å². The highest BCUT2D eigenvalue weighted by Gasteiger charge is 2.13. The van der Waals surface area contributed by atoms with Gasteiger partial charge in [-0.05, 0) is 55.0 Å². The molecule has 2 rings (SSSR count). The summed E-state index contributed by atoms with van der Waals surface area (Å²) in [6, 6.07) is 11.8. The van der Waals surface area contributed by atoms with Gasteiger partial charge in [0.2, 0.25) is 0 Å². The first-order chi connectivity index (χ1) is 12.9. The van der Waals surface area contributed by atoms with Gasteiger partial charge in [-0.2, -0.15) is 0 Å². The summed E-state index contributed by atoms with van der Waals surface area (Å²) in [4.78, 5) is 24.0. The maximum atomic E-state index is 12.2. The molecule has 0 spiro atoms. The number of amides is 2. The maximum absolute atomic E-state index is 12.2. The van der Waals surface area contributed by atoms with Crippen LogP contribution in [0.5, 0.6) is 11.5 Å². The molecule has 142 valence electrons. The molecule has 2 aromatic carbocycles. The van der Waals surface area contributed by atoms with E-state index in [1.165, 1.54) is 7.11 Å². The van der Waals surface area contributed by atoms with Crippen LogP contribution >= 0.6 is 23.8 Å². The number of thiocarbonyl (C=S) groups is 1. The molecule has 0 unspecified atom stereocenters. The second-order valence-electron chi connectivity index (χ2n) is 5.36. The molecule has 0 atom stereocenters. The zero-order chi connectivity index (χ0) is 19.8. The first-order valence-electron chi connectivity index (χ1n) is 7.83. The fourth-order valence-electron chi connectivity index (χ4n) is 2.11. The summed E-state index contributed by atoms with van der Waals surface area (Å²) in [6.07, 6.45) is 0. The standard InChI is InChI=1S/C18H18ClN3O4S/c1-11-9-12(19)7-8-14(11)26-10-16(23)21-22-18(27)20-17(24)13-5-3-4-6-15(13)25-2/h3-9H,10H2,1-2H3,(H,21,23)(H2,20,22,24,27). The molecule has 0 aliphatic rings. The highest BCUT2D eigenvalue weighted by molar-refractivity contribution is 7.80. The minimum absolute atomic E-state index is 0.0677. The van der Waals surface area contributed by atoms with Gasteiger partial charge in [-0.3, -0.25) is 25.8 Å². The number of hydrogen-bond donors (Lipinski definition) is 3. The van der Waals surface area contributed by atoms with Crippen LogP contribution < -0.4 is 25.6 Å². The summed E-state index contributed by atoms with van der Waals surface area (Å²) in [6.45, 7) is 1.58. The van der Waals surface area contributed by atoms with Gasteiger partial charge in [0.25, 0.3) is 11.8 Å². The second kappa shape index (κ2) is 9.75. The van der Waals surface area contributed by atoms with Crippen molar-refractivity contribution >= 4 is 40.7 Å². The van der Waals surface area contributed by atoms with E-state index < -0.39 is 11.8 Å². The largest absolute Gasteiger partial charge is 0.496 e. The molecule has 27 heavy (non-hydrogen) atoms. The monoisotopic (exact) mass is 407 g/mol. The third kappa shape index (κ3) is 6.12. The lowest BCUT2D eigenvalue weighted by Gasteiger charge is -2.13. The van der Waals surface area contributed by atoms with E-state index in [4.69, 9.17) is 33.3 Å². The van der Waals surface area contributed by atoms with Crippen molar-refractivity contribution in [3.05, 3.63) is 58.6 Å². The number of hydrazine groups is 1. The second-order valence-corrected chi connectivity index (χ2v) is 6.20. The molecule has 2 amide bonds. The van der Waals surface area contributed by atoms with Crippen LogP contribution in [0.15, 0.2) is 42.5 Å². The molecule has 2 aromatic rings. The Hall–Kier alpha value is -2.84. The van der Waals surface area contributed by atoms with Crippen molar-refractivity contribution in [2.24, 2.45) is 0 Å². The summed E-state index contributed by atoms with van der Waals surface area (Å²) in [5.74, 6) is 0.0145. The summed E-state index contributed by atoms with van der Waals surface area (Å²) < 4.78 is 10.5. The van der Waals surface area contributed by atoms with Gasteiger partial charge in [0.1, 0.15) is 11.5 Å². The van der Waals surface area contributed by atoms with Gasteiger partial charge in [0, 0.05) is 5.02 Å². The van der Waals surface area contributed by atoms with Gasteiger partial charge in [-0.1, -0.05) is 23.7 Å². The Balaban J connectivity index is 1.79. The molecule has 0 saturated carbocycles. The van der Waals surface area contributed by atoms with E-state index in [0.717, 1.165) is 5.56 Å². The van der Waals surface area contributed by atoms with E-state index in [1.807, 2.05) is 6.92 Å². The van der Waals surface area contributed by atoms with Crippen molar-refractivity contribution in [2.45, 2.75) is 6.92 Å². The molecule has 0 fully saturated rings. The normalized spacial score (nSPS) is 9.89. The summed E-state index contributed by atoms with van der Waals surface area (Å²) in [5, 5.41) is 2.96. The molecular weight excluding hydrogens is 390 g/mol. The Labute approximate surface area is 167 Å². The van der Waals surface area contributed by atoms with Gasteiger partial charge in [-0.25, -0.2) is 0 Å². The van der Waals surface area contributed by atoms with Crippen LogP contribution in [0.3, 0.4) is 0 Å². The molecule has 0 radical (unpaired) electrons. The number of carbonyl (C=O) groups is 2. The zero-order valence-electron chi connectivity index (χ0n) is 14.7. The minimum Gasteiger partial charge on any atom is -0.496 e. The Morgan fingerprint density at radius 3 is 2.56 bits per heavy atom. The van der Waals surface area contributed by atoms with Crippen molar-refractivity contribution < 1.29 is 19.1 Å². The van der Waals surface area contributed by atoms with Crippen LogP contribution in [-0.4, -0.2) is 30.6 Å². The van der Waals surface area contributed by atoms with Gasteiger partial charge in [-0.15, -0.1) is 0 Å². The van der Waals surface area contributed by atoms with E-state index in [0.29, 0.717) is 22.1 Å². The first-order valence-corrected chi connectivity index (χ1v) is 8.61. The first kappa shape index (κ1) is 20.5. The molecule has 0 saturated heterocycles. The lowest BCUT2D eigenvalue weighted by molar-refractivity contribution is -0.123. The predicted molar refractivity (Wildman–Crippen MR) is 106 cm³/mol. The Morgan fingerprint density at radius 1 is 1.11 bits per heavy atom. The van der Waals surface area contributed by atoms with Crippen LogP contribution in [0, 0.1) is 6.92 Å². The number of benzene rings is 2. The van der Waals surface area contributed by atoms with E-state index >= 15 is 0 Å². The molecule has 9 heteroatoms. The fraction of sp³-hybridized carbons (Fsp3) is 0.167. The Morgan fingerprint density at radius 2 is 1.85 bits per heavy atom.